The summed E-state index contributed by atoms with van der Waals surface area (Å²) in [6.07, 6.45) is 7.24. The summed E-state index contributed by atoms with van der Waals surface area (Å²) in [5.41, 5.74) is 2.11. The molecule has 60 valence electrons. The highest BCUT2D eigenvalue weighted by molar-refractivity contribution is 5.31. The maximum absolute atomic E-state index is 4.12. The molecule has 0 aromatic carbocycles. The molecule has 2 heterocycles. The van der Waals surface area contributed by atoms with Gasteiger partial charge in [-0.05, 0) is 19.1 Å². The van der Waals surface area contributed by atoms with Gasteiger partial charge in [-0.2, -0.15) is 0 Å². The number of hydrogen-bond acceptors (Lipinski definition) is 2. The molecule has 2 aromatic rings. The van der Waals surface area contributed by atoms with E-state index in [1.54, 1.807) is 18.7 Å². The summed E-state index contributed by atoms with van der Waals surface area (Å²) >= 11 is 0. The van der Waals surface area contributed by atoms with Crippen LogP contribution in [0.5, 0.6) is 0 Å². The Labute approximate surface area is 70.7 Å². The molecule has 0 bridgehead atoms. The monoisotopic (exact) mass is 159 g/mol. The third-order valence-electron chi connectivity index (χ3n) is 1.68. The van der Waals surface area contributed by atoms with Crippen LogP contribution in [0.1, 0.15) is 5.69 Å². The number of rotatable bonds is 1. The molecule has 0 saturated carbocycles. The van der Waals surface area contributed by atoms with E-state index < -0.39 is 0 Å². The van der Waals surface area contributed by atoms with Gasteiger partial charge in [0.2, 0.25) is 0 Å². The van der Waals surface area contributed by atoms with Crippen LogP contribution in [0.3, 0.4) is 0 Å². The number of aromatic nitrogens is 3. The number of nitrogens with zero attached hydrogens (tertiary/aromatic N) is 3. The molecule has 0 atom stereocenters. The van der Waals surface area contributed by atoms with Crippen LogP contribution < -0.4 is 0 Å². The summed E-state index contributed by atoms with van der Waals surface area (Å²) in [6.45, 7) is 1.97. The molecule has 3 heteroatoms. The Hall–Kier alpha value is -1.64. The standard InChI is InChI=1S/C9H9N3/c1-8-6-9(2-3-11-8)12-5-4-10-7-12/h2-7H,1H3. The smallest absolute Gasteiger partial charge is 0.0991 e. The zero-order chi connectivity index (χ0) is 8.39. The van der Waals surface area contributed by atoms with E-state index in [9.17, 15) is 0 Å². The van der Waals surface area contributed by atoms with E-state index in [0.717, 1.165) is 11.4 Å². The highest BCUT2D eigenvalue weighted by Crippen LogP contribution is 2.06. The number of pyridine rings is 1. The van der Waals surface area contributed by atoms with Gasteiger partial charge < -0.3 is 4.57 Å². The van der Waals surface area contributed by atoms with Crippen LogP contribution in [0.2, 0.25) is 0 Å². The van der Waals surface area contributed by atoms with Crippen LogP contribution in [-0.4, -0.2) is 14.5 Å². The first-order valence-corrected chi connectivity index (χ1v) is 3.77. The predicted molar refractivity (Wildman–Crippen MR) is 46.1 cm³/mol. The molecule has 0 aliphatic heterocycles. The molecule has 0 spiro atoms. The Balaban J connectivity index is 2.48. The molecular formula is C9H9N3. The summed E-state index contributed by atoms with van der Waals surface area (Å²) in [6, 6.07) is 3.97. The van der Waals surface area contributed by atoms with Crippen molar-refractivity contribution in [2.45, 2.75) is 6.92 Å². The molecule has 2 aromatic heterocycles. The molecule has 0 unspecified atom stereocenters. The van der Waals surface area contributed by atoms with Gasteiger partial charge in [-0.25, -0.2) is 4.98 Å². The van der Waals surface area contributed by atoms with Gasteiger partial charge in [-0.15, -0.1) is 0 Å². The quantitative estimate of drug-likeness (QED) is 0.632. The maximum Gasteiger partial charge on any atom is 0.0991 e. The van der Waals surface area contributed by atoms with Crippen molar-refractivity contribution in [1.82, 2.24) is 14.5 Å². The number of aryl methyl sites for hydroxylation is 1. The minimum Gasteiger partial charge on any atom is -0.306 e. The van der Waals surface area contributed by atoms with Crippen molar-refractivity contribution in [3.8, 4) is 5.69 Å². The van der Waals surface area contributed by atoms with E-state index in [1.165, 1.54) is 0 Å². The third-order valence-corrected chi connectivity index (χ3v) is 1.68. The molecule has 0 aliphatic carbocycles. The zero-order valence-corrected chi connectivity index (χ0v) is 6.81. The Morgan fingerprint density at radius 3 is 2.92 bits per heavy atom. The Morgan fingerprint density at radius 1 is 1.33 bits per heavy atom. The molecule has 0 saturated heterocycles. The van der Waals surface area contributed by atoms with Crippen LogP contribution in [0.25, 0.3) is 5.69 Å². The fourth-order valence-electron chi connectivity index (χ4n) is 1.10. The van der Waals surface area contributed by atoms with E-state index >= 15 is 0 Å². The molecule has 12 heavy (non-hydrogen) atoms. The van der Waals surface area contributed by atoms with Crippen LogP contribution >= 0.6 is 0 Å². The van der Waals surface area contributed by atoms with Crippen LogP contribution in [0.15, 0.2) is 37.1 Å². The van der Waals surface area contributed by atoms with Gasteiger partial charge in [-0.3, -0.25) is 4.98 Å². The van der Waals surface area contributed by atoms with Gasteiger partial charge in [-0.1, -0.05) is 0 Å². The van der Waals surface area contributed by atoms with E-state index in [0.29, 0.717) is 0 Å². The SMILES string of the molecule is Cc1cc(-n2ccnc2)ccn1. The summed E-state index contributed by atoms with van der Waals surface area (Å²) < 4.78 is 1.95. The van der Waals surface area contributed by atoms with E-state index in [2.05, 4.69) is 9.97 Å². The molecule has 0 N–H and O–H groups in total. The van der Waals surface area contributed by atoms with Gasteiger partial charge in [0.15, 0.2) is 0 Å². The second-order valence-electron chi connectivity index (χ2n) is 2.63. The fourth-order valence-corrected chi connectivity index (χ4v) is 1.10. The molecule has 0 fully saturated rings. The maximum atomic E-state index is 4.12. The Morgan fingerprint density at radius 2 is 2.25 bits per heavy atom. The summed E-state index contributed by atoms with van der Waals surface area (Å²) in [7, 11) is 0. The van der Waals surface area contributed by atoms with Crippen molar-refractivity contribution in [3.63, 3.8) is 0 Å². The average molecular weight is 159 g/mol. The molecule has 0 radical (unpaired) electrons. The van der Waals surface area contributed by atoms with Crippen LogP contribution in [0.4, 0.5) is 0 Å². The van der Waals surface area contributed by atoms with Crippen LogP contribution in [-0.2, 0) is 0 Å². The summed E-state index contributed by atoms with van der Waals surface area (Å²) in [5.74, 6) is 0. The summed E-state index contributed by atoms with van der Waals surface area (Å²) in [5, 5.41) is 0. The van der Waals surface area contributed by atoms with Gasteiger partial charge in [0, 0.05) is 30.0 Å². The van der Waals surface area contributed by atoms with Crippen molar-refractivity contribution in [2.24, 2.45) is 0 Å². The van der Waals surface area contributed by atoms with Gasteiger partial charge >= 0.3 is 0 Å². The van der Waals surface area contributed by atoms with Crippen molar-refractivity contribution in [2.75, 3.05) is 0 Å². The van der Waals surface area contributed by atoms with E-state index in [4.69, 9.17) is 0 Å². The Bertz CT molecular complexity index is 365. The lowest BCUT2D eigenvalue weighted by molar-refractivity contribution is 1.03. The lowest BCUT2D eigenvalue weighted by Gasteiger charge is -2.00. The molecule has 3 nitrogen and oxygen atoms in total. The van der Waals surface area contributed by atoms with Crippen LogP contribution in [0, 0.1) is 6.92 Å². The molecule has 2 rings (SSSR count). The molecule has 0 aliphatic rings. The number of imidazole rings is 1. The zero-order valence-electron chi connectivity index (χ0n) is 6.81. The van der Waals surface area contributed by atoms with Crippen molar-refractivity contribution < 1.29 is 0 Å². The van der Waals surface area contributed by atoms with Crippen molar-refractivity contribution in [3.05, 3.63) is 42.7 Å². The van der Waals surface area contributed by atoms with Gasteiger partial charge in [0.1, 0.15) is 0 Å². The minimum absolute atomic E-state index is 1.02. The second kappa shape index (κ2) is 2.77. The minimum atomic E-state index is 1.02. The first kappa shape index (κ1) is 7.03. The summed E-state index contributed by atoms with van der Waals surface area (Å²) in [4.78, 5) is 8.09. The predicted octanol–water partition coefficient (Wildman–Crippen LogP) is 1.58. The van der Waals surface area contributed by atoms with E-state index in [1.807, 2.05) is 29.8 Å². The van der Waals surface area contributed by atoms with Crippen molar-refractivity contribution in [1.29, 1.82) is 0 Å². The largest absolute Gasteiger partial charge is 0.306 e. The second-order valence-corrected chi connectivity index (χ2v) is 2.63. The highest BCUT2D eigenvalue weighted by atomic mass is 15.0. The first-order chi connectivity index (χ1) is 5.86. The normalized spacial score (nSPS) is 10.1. The molecular weight excluding hydrogens is 150 g/mol. The molecule has 0 amide bonds. The first-order valence-electron chi connectivity index (χ1n) is 3.77. The lowest BCUT2D eigenvalue weighted by atomic mass is 10.3. The third kappa shape index (κ3) is 1.21. The number of hydrogen-bond donors (Lipinski definition) is 0. The average Bonchev–Trinajstić information content (AvgIpc) is 2.56. The van der Waals surface area contributed by atoms with Gasteiger partial charge in [0.05, 0.1) is 6.33 Å². The van der Waals surface area contributed by atoms with Crippen molar-refractivity contribution >= 4 is 0 Å². The fraction of sp³-hybridized carbons (Fsp3) is 0.111. The highest BCUT2D eigenvalue weighted by Gasteiger charge is 1.94. The topological polar surface area (TPSA) is 30.7 Å². The van der Waals surface area contributed by atoms with E-state index in [-0.39, 0.29) is 0 Å². The van der Waals surface area contributed by atoms with Gasteiger partial charge in [0.25, 0.3) is 0 Å². The Kier molecular flexibility index (Phi) is 1.63. The lowest BCUT2D eigenvalue weighted by Crippen LogP contribution is -1.91.